The average molecular weight is 349 g/mol. The molecule has 1 heterocycles. The van der Waals surface area contributed by atoms with Gasteiger partial charge in [0, 0.05) is 26.0 Å². The molecule has 1 atom stereocenters. The molecule has 0 saturated carbocycles. The molecule has 2 rings (SSSR count). The Morgan fingerprint density at radius 3 is 2.58 bits per heavy atom. The van der Waals surface area contributed by atoms with Gasteiger partial charge in [0.1, 0.15) is 4.90 Å². The van der Waals surface area contributed by atoms with E-state index in [4.69, 9.17) is 0 Å². The molecule has 0 aliphatic carbocycles. The van der Waals surface area contributed by atoms with Crippen LogP contribution in [-0.4, -0.2) is 48.9 Å². The highest BCUT2D eigenvalue weighted by molar-refractivity contribution is 7.89. The van der Waals surface area contributed by atoms with Crippen molar-refractivity contribution < 1.29 is 18.3 Å². The van der Waals surface area contributed by atoms with Gasteiger partial charge in [-0.05, 0) is 17.7 Å². The van der Waals surface area contributed by atoms with Gasteiger partial charge < -0.3 is 10.4 Å². The second-order valence-electron chi connectivity index (χ2n) is 5.18. The Kier molecular flexibility index (Phi) is 6.02. The van der Waals surface area contributed by atoms with Crippen LogP contribution in [0.4, 0.5) is 0 Å². The number of benzene rings is 1. The molecule has 2 aromatic rings. The van der Waals surface area contributed by atoms with Crippen LogP contribution in [0.15, 0.2) is 59.8 Å². The van der Waals surface area contributed by atoms with Gasteiger partial charge in [-0.15, -0.1) is 0 Å². The fourth-order valence-electron chi connectivity index (χ4n) is 2.03. The number of rotatable bonds is 7. The van der Waals surface area contributed by atoms with Gasteiger partial charge in [-0.3, -0.25) is 9.78 Å². The van der Waals surface area contributed by atoms with E-state index in [9.17, 15) is 18.3 Å². The summed E-state index contributed by atoms with van der Waals surface area (Å²) in [5, 5.41) is 12.5. The molecule has 24 heavy (non-hydrogen) atoms. The molecular weight excluding hydrogens is 330 g/mol. The lowest BCUT2D eigenvalue weighted by Gasteiger charge is -2.17. The molecule has 0 spiro atoms. The number of amides is 1. The van der Waals surface area contributed by atoms with Gasteiger partial charge in [0.15, 0.2) is 0 Å². The summed E-state index contributed by atoms with van der Waals surface area (Å²) in [4.78, 5) is 15.7. The molecule has 128 valence electrons. The summed E-state index contributed by atoms with van der Waals surface area (Å²) in [6, 6.07) is 11.8. The minimum atomic E-state index is -3.78. The Bertz CT molecular complexity index is 766. The minimum absolute atomic E-state index is 0.00360. The first-order valence-corrected chi connectivity index (χ1v) is 8.71. The summed E-state index contributed by atoms with van der Waals surface area (Å²) in [6.45, 7) is -0.345. The van der Waals surface area contributed by atoms with Crippen molar-refractivity contribution in [2.75, 3.05) is 20.1 Å². The van der Waals surface area contributed by atoms with Crippen LogP contribution in [0.3, 0.4) is 0 Å². The van der Waals surface area contributed by atoms with E-state index < -0.39 is 22.0 Å². The maximum Gasteiger partial charge on any atom is 0.244 e. The second kappa shape index (κ2) is 8.00. The largest absolute Gasteiger partial charge is 0.387 e. The topological polar surface area (TPSA) is 99.6 Å². The van der Waals surface area contributed by atoms with Gasteiger partial charge in [0.05, 0.1) is 12.6 Å². The van der Waals surface area contributed by atoms with E-state index in [1.807, 2.05) is 6.07 Å². The summed E-state index contributed by atoms with van der Waals surface area (Å²) < 4.78 is 25.5. The number of aliphatic hydroxyl groups excluding tert-OH is 1. The smallest absolute Gasteiger partial charge is 0.244 e. The number of pyridine rings is 1. The molecule has 8 heteroatoms. The molecule has 0 aliphatic heterocycles. The molecule has 1 aromatic carbocycles. The molecule has 0 radical (unpaired) electrons. The fourth-order valence-corrected chi connectivity index (χ4v) is 3.12. The number of nitrogens with one attached hydrogen (secondary N) is 1. The highest BCUT2D eigenvalue weighted by atomic mass is 32.2. The minimum Gasteiger partial charge on any atom is -0.387 e. The van der Waals surface area contributed by atoms with E-state index in [1.165, 1.54) is 31.6 Å². The number of carbonyl (C=O) groups is 1. The van der Waals surface area contributed by atoms with Gasteiger partial charge in [0.25, 0.3) is 0 Å². The highest BCUT2D eigenvalue weighted by Gasteiger charge is 2.23. The van der Waals surface area contributed by atoms with E-state index in [2.05, 4.69) is 10.3 Å². The number of hydrogen-bond donors (Lipinski definition) is 2. The van der Waals surface area contributed by atoms with Crippen molar-refractivity contribution in [3.63, 3.8) is 0 Å². The van der Waals surface area contributed by atoms with Crippen molar-refractivity contribution in [1.82, 2.24) is 14.6 Å². The van der Waals surface area contributed by atoms with Gasteiger partial charge in [-0.1, -0.05) is 30.3 Å². The Morgan fingerprint density at radius 2 is 1.96 bits per heavy atom. The summed E-state index contributed by atoms with van der Waals surface area (Å²) in [5.74, 6) is -0.500. The van der Waals surface area contributed by atoms with Crippen LogP contribution in [0.1, 0.15) is 11.7 Å². The first-order valence-electron chi connectivity index (χ1n) is 7.27. The molecular formula is C16H19N3O4S. The van der Waals surface area contributed by atoms with Crippen molar-refractivity contribution >= 4 is 15.9 Å². The normalized spacial score (nSPS) is 12.8. The van der Waals surface area contributed by atoms with Crippen LogP contribution in [0.2, 0.25) is 0 Å². The molecule has 2 N–H and O–H groups in total. The number of carbonyl (C=O) groups excluding carboxylic acids is 1. The zero-order chi connectivity index (χ0) is 17.6. The van der Waals surface area contributed by atoms with E-state index in [0.717, 1.165) is 4.31 Å². The lowest BCUT2D eigenvalue weighted by molar-refractivity contribution is -0.121. The van der Waals surface area contributed by atoms with E-state index in [-0.39, 0.29) is 18.0 Å². The van der Waals surface area contributed by atoms with Crippen molar-refractivity contribution in [1.29, 1.82) is 0 Å². The Balaban J connectivity index is 1.90. The number of aromatic nitrogens is 1. The van der Waals surface area contributed by atoms with Gasteiger partial charge >= 0.3 is 0 Å². The van der Waals surface area contributed by atoms with Crippen molar-refractivity contribution in [2.45, 2.75) is 11.0 Å². The van der Waals surface area contributed by atoms with Crippen molar-refractivity contribution in [3.8, 4) is 0 Å². The third-order valence-corrected chi connectivity index (χ3v) is 5.17. The molecule has 0 saturated heterocycles. The predicted octanol–water partition coefficient (Wildman–Crippen LogP) is 0.552. The molecule has 7 nitrogen and oxygen atoms in total. The maximum absolute atomic E-state index is 12.3. The van der Waals surface area contributed by atoms with Crippen LogP contribution in [0, 0.1) is 0 Å². The second-order valence-corrected chi connectivity index (χ2v) is 7.23. The molecule has 0 bridgehead atoms. The summed E-state index contributed by atoms with van der Waals surface area (Å²) in [7, 11) is -2.46. The van der Waals surface area contributed by atoms with Crippen LogP contribution in [-0.2, 0) is 14.8 Å². The highest BCUT2D eigenvalue weighted by Crippen LogP contribution is 2.12. The fraction of sp³-hybridized carbons (Fsp3) is 0.250. The molecule has 1 amide bonds. The van der Waals surface area contributed by atoms with Crippen LogP contribution < -0.4 is 5.32 Å². The van der Waals surface area contributed by atoms with Gasteiger partial charge in [-0.25, -0.2) is 8.42 Å². The number of likely N-dealkylation sites (N-methyl/N-ethyl adjacent to an activating group) is 1. The summed E-state index contributed by atoms with van der Waals surface area (Å²) >= 11 is 0. The van der Waals surface area contributed by atoms with E-state index in [1.54, 1.807) is 24.3 Å². The van der Waals surface area contributed by atoms with Crippen LogP contribution in [0.25, 0.3) is 0 Å². The van der Waals surface area contributed by atoms with Gasteiger partial charge in [0.2, 0.25) is 15.9 Å². The van der Waals surface area contributed by atoms with Crippen molar-refractivity contribution in [2.24, 2.45) is 0 Å². The molecule has 0 aliphatic rings. The first-order chi connectivity index (χ1) is 11.4. The predicted molar refractivity (Wildman–Crippen MR) is 88.5 cm³/mol. The molecule has 0 fully saturated rings. The lowest BCUT2D eigenvalue weighted by atomic mass is 10.1. The quantitative estimate of drug-likeness (QED) is 0.760. The third-order valence-electron chi connectivity index (χ3n) is 3.39. The Morgan fingerprint density at radius 1 is 1.25 bits per heavy atom. The number of hydrogen-bond acceptors (Lipinski definition) is 5. The zero-order valence-electron chi connectivity index (χ0n) is 13.2. The van der Waals surface area contributed by atoms with Gasteiger partial charge in [-0.2, -0.15) is 4.31 Å². The standard InChI is InChI=1S/C16H19N3O4S/c1-19(24(22,23)14-8-5-9-17-10-14)12-16(21)18-11-15(20)13-6-3-2-4-7-13/h2-10,15,20H,11-12H2,1H3,(H,18,21). The lowest BCUT2D eigenvalue weighted by Crippen LogP contribution is -2.39. The number of nitrogens with zero attached hydrogens (tertiary/aromatic N) is 2. The SMILES string of the molecule is CN(CC(=O)NCC(O)c1ccccc1)S(=O)(=O)c1cccnc1. The van der Waals surface area contributed by atoms with E-state index >= 15 is 0 Å². The Hall–Kier alpha value is -2.29. The monoisotopic (exact) mass is 349 g/mol. The first kappa shape index (κ1) is 18.1. The molecule has 1 aromatic heterocycles. The average Bonchev–Trinajstić information content (AvgIpc) is 2.61. The number of aliphatic hydroxyl groups is 1. The van der Waals surface area contributed by atoms with E-state index in [0.29, 0.717) is 5.56 Å². The molecule has 1 unspecified atom stereocenters. The zero-order valence-corrected chi connectivity index (χ0v) is 14.0. The third kappa shape index (κ3) is 4.60. The Labute approximate surface area is 141 Å². The summed E-state index contributed by atoms with van der Waals surface area (Å²) in [6.07, 6.45) is 1.84. The van der Waals surface area contributed by atoms with Crippen LogP contribution in [0.5, 0.6) is 0 Å². The number of sulfonamides is 1. The summed E-state index contributed by atoms with van der Waals surface area (Å²) in [5.41, 5.74) is 0.675. The van der Waals surface area contributed by atoms with Crippen molar-refractivity contribution in [3.05, 3.63) is 60.4 Å². The van der Waals surface area contributed by atoms with Crippen LogP contribution >= 0.6 is 0 Å². The maximum atomic E-state index is 12.3.